The molecule has 0 saturated heterocycles. The third kappa shape index (κ3) is 4.52. The number of urea groups is 1. The SMILES string of the molecule is Cc1ccc2cc(CN(Cc3ccc4c(c3)OCO4)C(=O)Nc3ccccc3)c(=O)[nH]c2c1. The number of anilines is 1. The number of nitrogens with one attached hydrogen (secondary N) is 2. The molecular weight excluding hydrogens is 418 g/mol. The monoisotopic (exact) mass is 441 g/mol. The van der Waals surface area contributed by atoms with Gasteiger partial charge in [0.1, 0.15) is 0 Å². The van der Waals surface area contributed by atoms with Gasteiger partial charge in [-0.15, -0.1) is 0 Å². The first kappa shape index (κ1) is 20.6. The fourth-order valence-electron chi connectivity index (χ4n) is 3.87. The summed E-state index contributed by atoms with van der Waals surface area (Å²) in [5, 5.41) is 3.84. The maximum absolute atomic E-state index is 13.2. The van der Waals surface area contributed by atoms with Crippen LogP contribution in [-0.2, 0) is 13.1 Å². The van der Waals surface area contributed by atoms with Crippen molar-refractivity contribution in [1.29, 1.82) is 0 Å². The van der Waals surface area contributed by atoms with E-state index < -0.39 is 0 Å². The normalized spacial score (nSPS) is 12.0. The highest BCUT2D eigenvalue weighted by atomic mass is 16.7. The molecule has 1 aliphatic rings. The zero-order valence-corrected chi connectivity index (χ0v) is 18.1. The van der Waals surface area contributed by atoms with Crippen molar-refractivity contribution in [3.8, 4) is 11.5 Å². The van der Waals surface area contributed by atoms with Crippen LogP contribution in [0.2, 0.25) is 0 Å². The number of pyridine rings is 1. The Labute approximate surface area is 190 Å². The van der Waals surface area contributed by atoms with Crippen LogP contribution in [-0.4, -0.2) is 22.7 Å². The average Bonchev–Trinajstić information content (AvgIpc) is 3.28. The molecule has 3 aromatic carbocycles. The zero-order chi connectivity index (χ0) is 22.8. The predicted octanol–water partition coefficient (Wildman–Crippen LogP) is 4.80. The number of hydrogen-bond acceptors (Lipinski definition) is 4. The number of carbonyl (C=O) groups excluding carboxylic acids is 1. The number of benzene rings is 3. The van der Waals surface area contributed by atoms with Crippen LogP contribution in [0.5, 0.6) is 11.5 Å². The Morgan fingerprint density at radius 1 is 0.970 bits per heavy atom. The smallest absolute Gasteiger partial charge is 0.322 e. The van der Waals surface area contributed by atoms with Crippen LogP contribution in [0.1, 0.15) is 16.7 Å². The minimum Gasteiger partial charge on any atom is -0.454 e. The number of aryl methyl sites for hydroxylation is 1. The van der Waals surface area contributed by atoms with Gasteiger partial charge in [0.05, 0.1) is 6.54 Å². The summed E-state index contributed by atoms with van der Waals surface area (Å²) < 4.78 is 10.9. The van der Waals surface area contributed by atoms with E-state index in [-0.39, 0.29) is 24.9 Å². The van der Waals surface area contributed by atoms with Crippen LogP contribution in [0, 0.1) is 6.92 Å². The number of amides is 2. The standard InChI is InChI=1S/C26H23N3O4/c1-17-7-9-19-13-20(25(30)28-22(19)11-17)15-29(26(31)27-21-5-3-2-4-6-21)14-18-8-10-23-24(12-18)33-16-32-23/h2-13H,14-16H2,1H3,(H,27,31)(H,28,30). The molecule has 5 rings (SSSR count). The summed E-state index contributed by atoms with van der Waals surface area (Å²) in [7, 11) is 0. The molecule has 7 heteroatoms. The molecule has 0 bridgehead atoms. The van der Waals surface area contributed by atoms with Crippen molar-refractivity contribution in [1.82, 2.24) is 9.88 Å². The largest absolute Gasteiger partial charge is 0.454 e. The van der Waals surface area contributed by atoms with Crippen molar-refractivity contribution in [2.24, 2.45) is 0 Å². The van der Waals surface area contributed by atoms with Crippen molar-refractivity contribution in [3.05, 3.63) is 99.8 Å². The number of aromatic nitrogens is 1. The molecule has 0 spiro atoms. The Hall–Kier alpha value is -4.26. The van der Waals surface area contributed by atoms with Crippen LogP contribution in [0.4, 0.5) is 10.5 Å². The van der Waals surface area contributed by atoms with Crippen molar-refractivity contribution in [2.45, 2.75) is 20.0 Å². The van der Waals surface area contributed by atoms with E-state index in [2.05, 4.69) is 10.3 Å². The van der Waals surface area contributed by atoms with Gasteiger partial charge in [-0.25, -0.2) is 4.79 Å². The summed E-state index contributed by atoms with van der Waals surface area (Å²) in [5.41, 5.74) is 3.69. The molecule has 166 valence electrons. The molecule has 1 aromatic heterocycles. The lowest BCUT2D eigenvalue weighted by atomic mass is 10.1. The molecule has 0 radical (unpaired) electrons. The molecule has 2 amide bonds. The van der Waals surface area contributed by atoms with Crippen LogP contribution in [0.15, 0.2) is 77.6 Å². The van der Waals surface area contributed by atoms with Crippen molar-refractivity contribution < 1.29 is 14.3 Å². The molecule has 7 nitrogen and oxygen atoms in total. The number of H-pyrrole nitrogens is 1. The van der Waals surface area contributed by atoms with E-state index in [1.807, 2.05) is 79.7 Å². The summed E-state index contributed by atoms with van der Waals surface area (Å²) >= 11 is 0. The predicted molar refractivity (Wildman–Crippen MR) is 127 cm³/mol. The Kier molecular flexibility index (Phi) is 5.44. The molecular formula is C26H23N3O4. The first-order chi connectivity index (χ1) is 16.0. The van der Waals surface area contributed by atoms with Crippen LogP contribution in [0.3, 0.4) is 0 Å². The Morgan fingerprint density at radius 3 is 2.64 bits per heavy atom. The van der Waals surface area contributed by atoms with E-state index in [4.69, 9.17) is 9.47 Å². The lowest BCUT2D eigenvalue weighted by molar-refractivity contribution is 0.174. The molecule has 33 heavy (non-hydrogen) atoms. The number of hydrogen-bond donors (Lipinski definition) is 2. The fourth-order valence-corrected chi connectivity index (χ4v) is 3.87. The second-order valence-electron chi connectivity index (χ2n) is 8.05. The molecule has 2 N–H and O–H groups in total. The maximum atomic E-state index is 13.2. The molecule has 0 fully saturated rings. The number of rotatable bonds is 5. The second-order valence-corrected chi connectivity index (χ2v) is 8.05. The van der Waals surface area contributed by atoms with Gasteiger partial charge < -0.3 is 24.7 Å². The van der Waals surface area contributed by atoms with E-state index in [0.29, 0.717) is 29.3 Å². The summed E-state index contributed by atoms with van der Waals surface area (Å²) in [6.45, 7) is 2.60. The number of ether oxygens (including phenoxy) is 2. The molecule has 0 atom stereocenters. The van der Waals surface area contributed by atoms with E-state index in [1.54, 1.807) is 4.90 Å². The van der Waals surface area contributed by atoms with Gasteiger partial charge >= 0.3 is 6.03 Å². The Bertz CT molecular complexity index is 1380. The molecule has 0 aliphatic carbocycles. The number of aromatic amines is 1. The number of fused-ring (bicyclic) bond motifs is 2. The van der Waals surface area contributed by atoms with Gasteiger partial charge in [0.2, 0.25) is 6.79 Å². The highest BCUT2D eigenvalue weighted by Gasteiger charge is 2.19. The lowest BCUT2D eigenvalue weighted by Crippen LogP contribution is -2.35. The van der Waals surface area contributed by atoms with Gasteiger partial charge in [-0.05, 0) is 59.8 Å². The second kappa shape index (κ2) is 8.70. The van der Waals surface area contributed by atoms with Crippen molar-refractivity contribution in [3.63, 3.8) is 0 Å². The highest BCUT2D eigenvalue weighted by Crippen LogP contribution is 2.33. The minimum atomic E-state index is -0.303. The summed E-state index contributed by atoms with van der Waals surface area (Å²) in [6.07, 6.45) is 0. The Balaban J connectivity index is 1.46. The van der Waals surface area contributed by atoms with Gasteiger partial charge in [-0.2, -0.15) is 0 Å². The number of nitrogens with zero attached hydrogens (tertiary/aromatic N) is 1. The van der Waals surface area contributed by atoms with E-state index in [1.165, 1.54) is 0 Å². The number of carbonyl (C=O) groups is 1. The molecule has 4 aromatic rings. The highest BCUT2D eigenvalue weighted by molar-refractivity contribution is 5.89. The summed E-state index contributed by atoms with van der Waals surface area (Å²) in [6, 6.07) is 22.3. The topological polar surface area (TPSA) is 83.7 Å². The van der Waals surface area contributed by atoms with Crippen LogP contribution >= 0.6 is 0 Å². The molecule has 0 saturated carbocycles. The Morgan fingerprint density at radius 2 is 1.79 bits per heavy atom. The van der Waals surface area contributed by atoms with E-state index in [0.717, 1.165) is 22.0 Å². The first-order valence-corrected chi connectivity index (χ1v) is 10.7. The van der Waals surface area contributed by atoms with Crippen molar-refractivity contribution in [2.75, 3.05) is 12.1 Å². The molecule has 1 aliphatic heterocycles. The third-order valence-corrected chi connectivity index (χ3v) is 5.56. The van der Waals surface area contributed by atoms with Gasteiger partial charge in [0.25, 0.3) is 5.56 Å². The van der Waals surface area contributed by atoms with Crippen LogP contribution in [0.25, 0.3) is 10.9 Å². The molecule has 0 unspecified atom stereocenters. The van der Waals surface area contributed by atoms with E-state index in [9.17, 15) is 9.59 Å². The van der Waals surface area contributed by atoms with Crippen molar-refractivity contribution >= 4 is 22.6 Å². The number of para-hydroxylation sites is 1. The third-order valence-electron chi connectivity index (χ3n) is 5.56. The maximum Gasteiger partial charge on any atom is 0.322 e. The lowest BCUT2D eigenvalue weighted by Gasteiger charge is -2.23. The molecule has 2 heterocycles. The first-order valence-electron chi connectivity index (χ1n) is 10.7. The zero-order valence-electron chi connectivity index (χ0n) is 18.1. The van der Waals surface area contributed by atoms with Gasteiger partial charge in [-0.3, -0.25) is 4.79 Å². The van der Waals surface area contributed by atoms with Gasteiger partial charge in [0, 0.05) is 23.3 Å². The average molecular weight is 441 g/mol. The fraction of sp³-hybridized carbons (Fsp3) is 0.154. The van der Waals surface area contributed by atoms with Gasteiger partial charge in [-0.1, -0.05) is 36.4 Å². The summed E-state index contributed by atoms with van der Waals surface area (Å²) in [5.74, 6) is 1.33. The quantitative estimate of drug-likeness (QED) is 0.466. The van der Waals surface area contributed by atoms with Gasteiger partial charge in [0.15, 0.2) is 11.5 Å². The van der Waals surface area contributed by atoms with E-state index >= 15 is 0 Å². The summed E-state index contributed by atoms with van der Waals surface area (Å²) in [4.78, 5) is 30.6. The minimum absolute atomic E-state index is 0.145. The van der Waals surface area contributed by atoms with Crippen LogP contribution < -0.4 is 20.3 Å².